The Morgan fingerprint density at radius 2 is 1.85 bits per heavy atom. The molecule has 26 heavy (non-hydrogen) atoms. The number of hydrogen-bond acceptors (Lipinski definition) is 2. The maximum Gasteiger partial charge on any atom is 0.251 e. The summed E-state index contributed by atoms with van der Waals surface area (Å²) in [6.45, 7) is 7.39. The number of carbonyl (C=O) groups is 2. The van der Waals surface area contributed by atoms with E-state index in [-0.39, 0.29) is 17.2 Å². The first-order valence-corrected chi connectivity index (χ1v) is 9.19. The number of rotatable bonds is 5. The van der Waals surface area contributed by atoms with Gasteiger partial charge in [-0.25, -0.2) is 0 Å². The average molecular weight is 350 g/mol. The van der Waals surface area contributed by atoms with Crippen molar-refractivity contribution in [1.82, 2.24) is 5.32 Å². The van der Waals surface area contributed by atoms with Crippen molar-refractivity contribution in [2.45, 2.75) is 39.0 Å². The molecular formula is C22H26N2O2. The van der Waals surface area contributed by atoms with E-state index < -0.39 is 0 Å². The predicted molar refractivity (Wildman–Crippen MR) is 105 cm³/mol. The van der Waals surface area contributed by atoms with Gasteiger partial charge in [0.15, 0.2) is 0 Å². The number of nitrogens with one attached hydrogen (secondary N) is 1. The molecular weight excluding hydrogens is 324 g/mol. The van der Waals surface area contributed by atoms with Crippen LogP contribution >= 0.6 is 0 Å². The van der Waals surface area contributed by atoms with E-state index >= 15 is 0 Å². The quantitative estimate of drug-likeness (QED) is 0.894. The van der Waals surface area contributed by atoms with Crippen LogP contribution < -0.4 is 10.2 Å². The third kappa shape index (κ3) is 3.64. The highest BCUT2D eigenvalue weighted by Gasteiger charge is 2.25. The third-order valence-corrected chi connectivity index (χ3v) is 5.09. The number of carbonyl (C=O) groups excluding carboxylic acids is 2. The van der Waals surface area contributed by atoms with Gasteiger partial charge < -0.3 is 10.2 Å². The molecule has 0 saturated carbocycles. The van der Waals surface area contributed by atoms with Crippen LogP contribution in [-0.4, -0.2) is 24.9 Å². The largest absolute Gasteiger partial charge is 0.351 e. The number of hydrogen-bond donors (Lipinski definition) is 1. The molecule has 0 spiro atoms. The Morgan fingerprint density at radius 1 is 1.12 bits per heavy atom. The number of amides is 2. The summed E-state index contributed by atoms with van der Waals surface area (Å²) in [7, 11) is 0. The SMILES string of the molecule is CCC(=O)N1CCc2cc(C(=O)NCC(C)(C)c3ccccc3)ccc21. The summed E-state index contributed by atoms with van der Waals surface area (Å²) >= 11 is 0. The zero-order valence-electron chi connectivity index (χ0n) is 15.7. The molecule has 0 unspecified atom stereocenters. The lowest BCUT2D eigenvalue weighted by molar-refractivity contribution is -0.118. The fourth-order valence-corrected chi connectivity index (χ4v) is 3.39. The molecule has 2 aromatic carbocycles. The number of fused-ring (bicyclic) bond motifs is 1. The van der Waals surface area contributed by atoms with Crippen molar-refractivity contribution in [3.63, 3.8) is 0 Å². The van der Waals surface area contributed by atoms with Crippen LogP contribution in [0.5, 0.6) is 0 Å². The summed E-state index contributed by atoms with van der Waals surface area (Å²) in [5.74, 6) is 0.0580. The van der Waals surface area contributed by atoms with Crippen LogP contribution in [0, 0.1) is 0 Å². The van der Waals surface area contributed by atoms with Crippen LogP contribution in [0.2, 0.25) is 0 Å². The fourth-order valence-electron chi connectivity index (χ4n) is 3.39. The van der Waals surface area contributed by atoms with Gasteiger partial charge in [0.05, 0.1) is 0 Å². The summed E-state index contributed by atoms with van der Waals surface area (Å²) in [5, 5.41) is 3.05. The molecule has 0 radical (unpaired) electrons. The lowest BCUT2D eigenvalue weighted by Gasteiger charge is -2.25. The standard InChI is InChI=1S/C22H26N2O2/c1-4-20(25)24-13-12-16-14-17(10-11-19(16)24)21(26)23-15-22(2,3)18-8-6-5-7-9-18/h5-11,14H,4,12-13,15H2,1-3H3,(H,23,26). The van der Waals surface area contributed by atoms with Gasteiger partial charge in [0.25, 0.3) is 5.91 Å². The highest BCUT2D eigenvalue weighted by Crippen LogP contribution is 2.29. The molecule has 136 valence electrons. The number of benzene rings is 2. The van der Waals surface area contributed by atoms with Gasteiger partial charge in [-0.3, -0.25) is 9.59 Å². The normalized spacial score (nSPS) is 13.4. The monoisotopic (exact) mass is 350 g/mol. The van der Waals surface area contributed by atoms with Crippen LogP contribution in [-0.2, 0) is 16.6 Å². The van der Waals surface area contributed by atoms with Gasteiger partial charge in [0, 0.05) is 36.2 Å². The van der Waals surface area contributed by atoms with Gasteiger partial charge in [-0.15, -0.1) is 0 Å². The van der Waals surface area contributed by atoms with Crippen LogP contribution in [0.25, 0.3) is 0 Å². The molecule has 3 rings (SSSR count). The van der Waals surface area contributed by atoms with Crippen molar-refractivity contribution in [3.05, 3.63) is 65.2 Å². The van der Waals surface area contributed by atoms with Gasteiger partial charge in [-0.2, -0.15) is 0 Å². The van der Waals surface area contributed by atoms with Crippen LogP contribution in [0.4, 0.5) is 5.69 Å². The molecule has 0 aliphatic carbocycles. The minimum absolute atomic E-state index is 0.0722. The van der Waals surface area contributed by atoms with E-state index in [9.17, 15) is 9.59 Å². The Morgan fingerprint density at radius 3 is 2.54 bits per heavy atom. The number of nitrogens with zero attached hydrogens (tertiary/aromatic N) is 1. The Balaban J connectivity index is 1.69. The molecule has 0 atom stereocenters. The van der Waals surface area contributed by atoms with E-state index in [0.717, 1.165) is 17.7 Å². The maximum atomic E-state index is 12.6. The van der Waals surface area contributed by atoms with Crippen LogP contribution in [0.1, 0.15) is 48.7 Å². The van der Waals surface area contributed by atoms with E-state index in [2.05, 4.69) is 31.3 Å². The topological polar surface area (TPSA) is 49.4 Å². The molecule has 1 aliphatic heterocycles. The number of anilines is 1. The van der Waals surface area contributed by atoms with Crippen molar-refractivity contribution in [3.8, 4) is 0 Å². The second-order valence-electron chi connectivity index (χ2n) is 7.43. The van der Waals surface area contributed by atoms with Gasteiger partial charge in [-0.05, 0) is 35.7 Å². The van der Waals surface area contributed by atoms with Crippen LogP contribution in [0.3, 0.4) is 0 Å². The minimum Gasteiger partial charge on any atom is -0.351 e. The highest BCUT2D eigenvalue weighted by atomic mass is 16.2. The summed E-state index contributed by atoms with van der Waals surface area (Å²) < 4.78 is 0. The zero-order chi connectivity index (χ0) is 18.7. The fraction of sp³-hybridized carbons (Fsp3) is 0.364. The van der Waals surface area contributed by atoms with Crippen molar-refractivity contribution >= 4 is 17.5 Å². The van der Waals surface area contributed by atoms with Crippen LogP contribution in [0.15, 0.2) is 48.5 Å². The van der Waals surface area contributed by atoms with Gasteiger partial charge >= 0.3 is 0 Å². The van der Waals surface area contributed by atoms with E-state index in [1.807, 2.05) is 48.2 Å². The Labute approximate surface area is 155 Å². The first kappa shape index (κ1) is 18.2. The summed E-state index contributed by atoms with van der Waals surface area (Å²) in [6, 6.07) is 15.8. The summed E-state index contributed by atoms with van der Waals surface area (Å²) in [5.41, 5.74) is 3.72. The van der Waals surface area contributed by atoms with E-state index in [0.29, 0.717) is 25.1 Å². The second-order valence-corrected chi connectivity index (χ2v) is 7.43. The summed E-state index contributed by atoms with van der Waals surface area (Å²) in [4.78, 5) is 26.4. The first-order chi connectivity index (χ1) is 12.4. The van der Waals surface area contributed by atoms with Crippen molar-refractivity contribution in [1.29, 1.82) is 0 Å². The molecule has 4 heteroatoms. The molecule has 0 aromatic heterocycles. The molecule has 1 heterocycles. The van der Waals surface area contributed by atoms with Crippen molar-refractivity contribution < 1.29 is 9.59 Å². The predicted octanol–water partition coefficient (Wildman–Crippen LogP) is 3.69. The first-order valence-electron chi connectivity index (χ1n) is 9.19. The van der Waals surface area contributed by atoms with Gasteiger partial charge in [0.2, 0.25) is 5.91 Å². The van der Waals surface area contributed by atoms with Crippen molar-refractivity contribution in [2.75, 3.05) is 18.0 Å². The van der Waals surface area contributed by atoms with Gasteiger partial charge in [0.1, 0.15) is 0 Å². The van der Waals surface area contributed by atoms with Crippen molar-refractivity contribution in [2.24, 2.45) is 0 Å². The lowest BCUT2D eigenvalue weighted by atomic mass is 9.84. The zero-order valence-corrected chi connectivity index (χ0v) is 15.7. The molecule has 4 nitrogen and oxygen atoms in total. The second kappa shape index (κ2) is 7.32. The molecule has 1 N–H and O–H groups in total. The van der Waals surface area contributed by atoms with E-state index in [4.69, 9.17) is 0 Å². The van der Waals surface area contributed by atoms with E-state index in [1.165, 1.54) is 5.56 Å². The Hall–Kier alpha value is -2.62. The highest BCUT2D eigenvalue weighted by molar-refractivity contribution is 5.98. The molecule has 2 aromatic rings. The molecule has 0 fully saturated rings. The van der Waals surface area contributed by atoms with Gasteiger partial charge in [-0.1, -0.05) is 51.1 Å². The lowest BCUT2D eigenvalue weighted by Crippen LogP contribution is -2.36. The average Bonchev–Trinajstić information content (AvgIpc) is 3.09. The molecule has 0 saturated heterocycles. The molecule has 1 aliphatic rings. The molecule has 2 amide bonds. The Kier molecular flexibility index (Phi) is 5.12. The Bertz CT molecular complexity index is 812. The minimum atomic E-state index is -0.141. The maximum absolute atomic E-state index is 12.6. The van der Waals surface area contributed by atoms with E-state index in [1.54, 1.807) is 0 Å². The third-order valence-electron chi connectivity index (χ3n) is 5.09. The smallest absolute Gasteiger partial charge is 0.251 e. The summed E-state index contributed by atoms with van der Waals surface area (Å²) in [6.07, 6.45) is 1.30. The molecule has 0 bridgehead atoms.